The number of rotatable bonds is 10. The number of ether oxygens (including phenoxy) is 1. The van der Waals surface area contributed by atoms with Gasteiger partial charge in [-0.15, -0.1) is 0 Å². The molecule has 0 amide bonds. The first-order chi connectivity index (χ1) is 12.4. The number of hydrogen-bond acceptors (Lipinski definition) is 4. The summed E-state index contributed by atoms with van der Waals surface area (Å²) in [4.78, 5) is -0.682. The fourth-order valence-corrected chi connectivity index (χ4v) is 3.37. The van der Waals surface area contributed by atoms with E-state index < -0.39 is 20.8 Å². The first-order valence-corrected chi connectivity index (χ1v) is 10.4. The van der Waals surface area contributed by atoms with Crippen LogP contribution >= 0.6 is 0 Å². The molecule has 1 N–H and O–H groups in total. The molecule has 0 bridgehead atoms. The summed E-state index contributed by atoms with van der Waals surface area (Å²) in [5, 5.41) is 12.1. The Morgan fingerprint density at radius 1 is 1.00 bits per heavy atom. The molecule has 0 fully saturated rings. The van der Waals surface area contributed by atoms with Crippen LogP contribution in [0.25, 0.3) is 0 Å². The van der Waals surface area contributed by atoms with E-state index in [0.29, 0.717) is 5.75 Å². The van der Waals surface area contributed by atoms with E-state index in [-0.39, 0.29) is 57.1 Å². The first kappa shape index (κ1) is 24.6. The van der Waals surface area contributed by atoms with Gasteiger partial charge in [0.25, 0.3) is 10.1 Å². The van der Waals surface area contributed by atoms with Crippen molar-refractivity contribution in [3.8, 4) is 17.2 Å². The van der Waals surface area contributed by atoms with E-state index in [1.165, 1.54) is 44.2 Å². The monoisotopic (exact) mass is 416 g/mol. The summed E-state index contributed by atoms with van der Waals surface area (Å²) in [7, 11) is -4.57. The third-order valence-electron chi connectivity index (χ3n) is 4.17. The molecule has 142 valence electrons. The molecule has 27 heavy (non-hydrogen) atoms. The minimum atomic E-state index is -4.57. The van der Waals surface area contributed by atoms with Crippen LogP contribution in [-0.2, 0) is 16.5 Å². The molecular weight excluding hydrogens is 391 g/mol. The Kier molecular flexibility index (Phi) is 11.1. The summed E-state index contributed by atoms with van der Waals surface area (Å²) in [5.74, 6) is -0.508. The maximum Gasteiger partial charge on any atom is 1.00 e. The zero-order valence-electron chi connectivity index (χ0n) is 16.0. The van der Waals surface area contributed by atoms with E-state index in [0.717, 1.165) is 24.5 Å². The Labute approximate surface area is 204 Å². The summed E-state index contributed by atoms with van der Waals surface area (Å²) in [5.41, 5.74) is 1.11. The van der Waals surface area contributed by atoms with E-state index in [9.17, 15) is 13.5 Å². The van der Waals surface area contributed by atoms with Crippen LogP contribution in [0.4, 0.5) is 0 Å². The molecule has 0 aromatic heterocycles. The zero-order valence-corrected chi connectivity index (χ0v) is 19.9. The second-order valence-corrected chi connectivity index (χ2v) is 7.72. The topological polar surface area (TPSA) is 86.7 Å². The van der Waals surface area contributed by atoms with Crippen molar-refractivity contribution in [1.29, 1.82) is 0 Å². The van der Waals surface area contributed by atoms with E-state index >= 15 is 0 Å². The summed E-state index contributed by atoms with van der Waals surface area (Å²) in [6.07, 6.45) is 8.24. The predicted molar refractivity (Wildman–Crippen MR) is 99.3 cm³/mol. The summed E-state index contributed by atoms with van der Waals surface area (Å²) >= 11 is 0. The fraction of sp³-hybridized carbons (Fsp3) is 0.400. The van der Waals surface area contributed by atoms with Crippen molar-refractivity contribution in [2.75, 3.05) is 0 Å². The van der Waals surface area contributed by atoms with Gasteiger partial charge >= 0.3 is 51.4 Å². The van der Waals surface area contributed by atoms with Crippen LogP contribution in [0.15, 0.2) is 47.4 Å². The Balaban J connectivity index is 0.00000364. The Morgan fingerprint density at radius 2 is 1.67 bits per heavy atom. The van der Waals surface area contributed by atoms with Crippen LogP contribution in [0, 0.1) is 0 Å². The Morgan fingerprint density at radius 3 is 2.37 bits per heavy atom. The second-order valence-electron chi connectivity index (χ2n) is 6.33. The quantitative estimate of drug-likeness (QED) is 0.362. The van der Waals surface area contributed by atoms with Crippen molar-refractivity contribution in [1.82, 2.24) is 0 Å². The standard InChI is InChI=1S/C20H26O5S.K/c1-2-3-4-5-6-7-10-16-11-8-12-17(15-16)25-18-13-9-14-19(20(18)21)26(22,23)24;/h8-9,11-15,21H,2-7,10H2,1H3,(H,22,23,24);/q;+1/p-1. The number of hydrogen-bond donors (Lipinski definition) is 1. The molecule has 5 nitrogen and oxygen atoms in total. The van der Waals surface area contributed by atoms with E-state index in [1.54, 1.807) is 6.07 Å². The van der Waals surface area contributed by atoms with E-state index in [2.05, 4.69) is 6.92 Å². The molecule has 2 aromatic carbocycles. The normalized spacial score (nSPS) is 11.0. The summed E-state index contributed by atoms with van der Waals surface area (Å²) in [6.45, 7) is 2.20. The Hall–Kier alpha value is -0.414. The molecule has 2 rings (SSSR count). The molecule has 0 spiro atoms. The van der Waals surface area contributed by atoms with Crippen molar-refractivity contribution in [3.05, 3.63) is 48.0 Å². The van der Waals surface area contributed by atoms with Crippen molar-refractivity contribution in [3.63, 3.8) is 0 Å². The van der Waals surface area contributed by atoms with Gasteiger partial charge in [-0.3, -0.25) is 4.55 Å². The molecule has 0 saturated carbocycles. The number of para-hydroxylation sites is 1. The van der Waals surface area contributed by atoms with Gasteiger partial charge in [-0.05, 0) is 48.4 Å². The minimum absolute atomic E-state index is 0. The molecule has 2 aromatic rings. The van der Waals surface area contributed by atoms with Gasteiger partial charge in [0.05, 0.1) is 4.90 Å². The van der Waals surface area contributed by atoms with Gasteiger partial charge < -0.3 is 9.84 Å². The average molecular weight is 417 g/mol. The molecular formula is C20H25KO5S. The van der Waals surface area contributed by atoms with Crippen LogP contribution in [0.3, 0.4) is 0 Å². The SMILES string of the molecule is CCCCCCCCc1cccc(Oc2cccc(S(=O)(=O)O)c2[O-])c1.[K+]. The molecule has 0 radical (unpaired) electrons. The molecule has 0 aliphatic carbocycles. The third kappa shape index (κ3) is 8.23. The minimum Gasteiger partial charge on any atom is -0.869 e. The predicted octanol–water partition coefficient (Wildman–Crippen LogP) is 1.71. The van der Waals surface area contributed by atoms with Gasteiger partial charge in [0.2, 0.25) is 0 Å². The van der Waals surface area contributed by atoms with Crippen molar-refractivity contribution in [2.45, 2.75) is 56.8 Å². The molecule has 0 atom stereocenters. The van der Waals surface area contributed by atoms with Gasteiger partial charge in [0, 0.05) is 0 Å². The van der Waals surface area contributed by atoms with Gasteiger partial charge in [-0.25, -0.2) is 0 Å². The van der Waals surface area contributed by atoms with E-state index in [4.69, 9.17) is 9.29 Å². The van der Waals surface area contributed by atoms with Crippen LogP contribution < -0.4 is 61.2 Å². The molecule has 0 unspecified atom stereocenters. The average Bonchev–Trinajstić information content (AvgIpc) is 2.59. The molecule has 7 heteroatoms. The third-order valence-corrected chi connectivity index (χ3v) is 5.04. The van der Waals surface area contributed by atoms with Crippen LogP contribution in [-0.4, -0.2) is 13.0 Å². The maximum atomic E-state index is 12.1. The Bertz CT molecular complexity index is 821. The van der Waals surface area contributed by atoms with Gasteiger partial charge in [0.1, 0.15) is 11.5 Å². The first-order valence-electron chi connectivity index (χ1n) is 8.96. The summed E-state index contributed by atoms with van der Waals surface area (Å²) < 4.78 is 37.1. The zero-order chi connectivity index (χ0) is 19.0. The smallest absolute Gasteiger partial charge is 0.869 e. The largest absolute Gasteiger partial charge is 1.00 e. The summed E-state index contributed by atoms with van der Waals surface area (Å²) in [6, 6.07) is 11.2. The van der Waals surface area contributed by atoms with Gasteiger partial charge in [-0.2, -0.15) is 8.42 Å². The number of unbranched alkanes of at least 4 members (excludes halogenated alkanes) is 5. The molecule has 0 heterocycles. The van der Waals surface area contributed by atoms with Gasteiger partial charge in [0.15, 0.2) is 0 Å². The van der Waals surface area contributed by atoms with Crippen LogP contribution in [0.2, 0.25) is 0 Å². The second kappa shape index (κ2) is 12.2. The molecule has 0 aliphatic heterocycles. The maximum absolute atomic E-state index is 12.1. The van der Waals surface area contributed by atoms with Crippen molar-refractivity contribution >= 4 is 10.1 Å². The van der Waals surface area contributed by atoms with Crippen LogP contribution in [0.5, 0.6) is 17.2 Å². The fourth-order valence-electron chi connectivity index (χ4n) is 2.78. The van der Waals surface area contributed by atoms with Crippen LogP contribution in [0.1, 0.15) is 51.0 Å². The van der Waals surface area contributed by atoms with E-state index in [1.807, 2.05) is 18.2 Å². The number of benzene rings is 2. The van der Waals surface area contributed by atoms with Crippen molar-refractivity contribution < 1.29 is 74.2 Å². The number of aryl methyl sites for hydroxylation is 1. The molecule has 0 saturated heterocycles. The van der Waals surface area contributed by atoms with Crippen molar-refractivity contribution in [2.24, 2.45) is 0 Å². The van der Waals surface area contributed by atoms with Gasteiger partial charge in [-0.1, -0.05) is 57.2 Å². The molecule has 0 aliphatic rings.